The fourth-order valence-electron chi connectivity index (χ4n) is 0.624. The second kappa shape index (κ2) is 3.75. The van der Waals surface area contributed by atoms with E-state index in [1.54, 1.807) is 0 Å². The van der Waals surface area contributed by atoms with Crippen molar-refractivity contribution in [3.63, 3.8) is 0 Å². The molecular weight excluding hydrogens is 144 g/mol. The van der Waals surface area contributed by atoms with Gasteiger partial charge in [-0.1, -0.05) is 6.92 Å². The Hall–Kier alpha value is -1.32. The average Bonchev–Trinajstić information content (AvgIpc) is 2.01. The van der Waals surface area contributed by atoms with Crippen molar-refractivity contribution in [1.29, 1.82) is 0 Å². The lowest BCUT2D eigenvalue weighted by Crippen LogP contribution is -2.08. The molecule has 0 amide bonds. The lowest BCUT2D eigenvalue weighted by Gasteiger charge is -1.99. The first-order valence-corrected chi connectivity index (χ1v) is 3.51. The van der Waals surface area contributed by atoms with Gasteiger partial charge >= 0.3 is 0 Å². The minimum Gasteiger partial charge on any atom is -0.465 e. The molecule has 0 saturated carbocycles. The van der Waals surface area contributed by atoms with Crippen LogP contribution >= 0.6 is 0 Å². The number of rotatable bonds is 3. The average molecular weight is 154 g/mol. The normalized spacial score (nSPS) is 9.55. The molecule has 0 fully saturated rings. The molecule has 0 atom stereocenters. The molecule has 11 heavy (non-hydrogen) atoms. The third kappa shape index (κ3) is 2.41. The van der Waals surface area contributed by atoms with E-state index < -0.39 is 0 Å². The molecule has 1 heterocycles. The summed E-state index contributed by atoms with van der Waals surface area (Å²) in [4.78, 5) is 16.9. The zero-order chi connectivity index (χ0) is 8.10. The van der Waals surface area contributed by atoms with E-state index in [1.165, 1.54) is 12.3 Å². The molecule has 0 saturated heterocycles. The summed E-state index contributed by atoms with van der Waals surface area (Å²) in [5.41, 5.74) is -0.189. The molecule has 0 radical (unpaired) electrons. The lowest BCUT2D eigenvalue weighted by molar-refractivity contribution is 0.291. The van der Waals surface area contributed by atoms with Gasteiger partial charge in [0.25, 0.3) is 11.6 Å². The quantitative estimate of drug-likeness (QED) is 0.692. The Morgan fingerprint density at radius 1 is 1.73 bits per heavy atom. The van der Waals surface area contributed by atoms with E-state index in [2.05, 4.69) is 9.97 Å². The van der Waals surface area contributed by atoms with Crippen molar-refractivity contribution in [2.75, 3.05) is 6.61 Å². The van der Waals surface area contributed by atoms with Crippen LogP contribution in [-0.2, 0) is 0 Å². The van der Waals surface area contributed by atoms with E-state index in [4.69, 9.17) is 4.74 Å². The van der Waals surface area contributed by atoms with Gasteiger partial charge in [0, 0.05) is 12.3 Å². The van der Waals surface area contributed by atoms with Crippen molar-refractivity contribution in [1.82, 2.24) is 9.97 Å². The van der Waals surface area contributed by atoms with Crippen LogP contribution in [0.3, 0.4) is 0 Å². The van der Waals surface area contributed by atoms with Crippen LogP contribution in [0.2, 0.25) is 0 Å². The van der Waals surface area contributed by atoms with Crippen LogP contribution in [0.1, 0.15) is 13.3 Å². The topological polar surface area (TPSA) is 55.0 Å². The van der Waals surface area contributed by atoms with Crippen LogP contribution in [0.4, 0.5) is 0 Å². The lowest BCUT2D eigenvalue weighted by atomic mass is 10.5. The van der Waals surface area contributed by atoms with Crippen LogP contribution in [0.15, 0.2) is 17.1 Å². The van der Waals surface area contributed by atoms with Gasteiger partial charge in [-0.2, -0.15) is 0 Å². The van der Waals surface area contributed by atoms with Gasteiger partial charge in [-0.3, -0.25) is 9.78 Å². The molecule has 0 spiro atoms. The molecule has 0 aliphatic heterocycles. The zero-order valence-corrected chi connectivity index (χ0v) is 6.33. The van der Waals surface area contributed by atoms with Gasteiger partial charge in [0.2, 0.25) is 0 Å². The van der Waals surface area contributed by atoms with Gasteiger partial charge in [0.1, 0.15) is 0 Å². The van der Waals surface area contributed by atoms with Crippen LogP contribution in [0.25, 0.3) is 0 Å². The first-order chi connectivity index (χ1) is 5.33. The fourth-order valence-corrected chi connectivity index (χ4v) is 0.624. The van der Waals surface area contributed by atoms with Crippen molar-refractivity contribution in [2.45, 2.75) is 13.3 Å². The van der Waals surface area contributed by atoms with E-state index in [1.807, 2.05) is 6.92 Å². The molecule has 1 rings (SSSR count). The molecular formula is C7H10N2O2. The Labute approximate surface area is 64.2 Å². The molecule has 0 bridgehead atoms. The van der Waals surface area contributed by atoms with E-state index in [0.717, 1.165) is 6.42 Å². The maximum atomic E-state index is 10.7. The molecule has 1 aromatic heterocycles. The highest BCUT2D eigenvalue weighted by Gasteiger charge is 1.92. The number of aromatic amines is 1. The molecule has 0 unspecified atom stereocenters. The van der Waals surface area contributed by atoms with Crippen LogP contribution in [-0.4, -0.2) is 16.6 Å². The van der Waals surface area contributed by atoms with Crippen molar-refractivity contribution in [2.24, 2.45) is 0 Å². The summed E-state index contributed by atoms with van der Waals surface area (Å²) in [6.45, 7) is 2.56. The first kappa shape index (κ1) is 7.78. The predicted octanol–water partition coefficient (Wildman–Crippen LogP) is 0.559. The summed E-state index contributed by atoms with van der Waals surface area (Å²) in [6, 6.07) is 1.64. The van der Waals surface area contributed by atoms with Crippen LogP contribution in [0.5, 0.6) is 6.01 Å². The summed E-state index contributed by atoms with van der Waals surface area (Å²) in [6.07, 6.45) is 2.32. The van der Waals surface area contributed by atoms with Crippen molar-refractivity contribution in [3.05, 3.63) is 22.6 Å². The zero-order valence-electron chi connectivity index (χ0n) is 6.33. The Morgan fingerprint density at radius 2 is 2.55 bits per heavy atom. The molecule has 0 aliphatic carbocycles. The third-order valence-corrected chi connectivity index (χ3v) is 1.09. The largest absolute Gasteiger partial charge is 0.465 e. The minimum atomic E-state index is -0.189. The molecule has 0 aromatic carbocycles. The third-order valence-electron chi connectivity index (χ3n) is 1.09. The molecule has 60 valence electrons. The second-order valence-corrected chi connectivity index (χ2v) is 2.09. The van der Waals surface area contributed by atoms with Gasteiger partial charge < -0.3 is 4.74 Å². The summed E-state index contributed by atoms with van der Waals surface area (Å²) in [7, 11) is 0. The maximum absolute atomic E-state index is 10.7. The van der Waals surface area contributed by atoms with Crippen LogP contribution in [0, 0.1) is 0 Å². The number of ether oxygens (including phenoxy) is 1. The monoisotopic (exact) mass is 154 g/mol. The molecule has 0 aliphatic rings. The standard InChI is InChI=1S/C7H10N2O2/c1-2-5-11-7-8-4-3-6(10)9-7/h3-4H,2,5H2,1H3,(H,8,9,10). The summed E-state index contributed by atoms with van der Waals surface area (Å²) in [5, 5.41) is 0. The minimum absolute atomic E-state index is 0.189. The number of nitrogens with zero attached hydrogens (tertiary/aromatic N) is 1. The Bertz CT molecular complexity index is 269. The van der Waals surface area contributed by atoms with Gasteiger partial charge in [-0.25, -0.2) is 4.98 Å². The van der Waals surface area contributed by atoms with E-state index in [-0.39, 0.29) is 5.56 Å². The number of hydrogen-bond acceptors (Lipinski definition) is 3. The number of hydrogen-bond donors (Lipinski definition) is 1. The van der Waals surface area contributed by atoms with E-state index in [9.17, 15) is 4.79 Å². The van der Waals surface area contributed by atoms with E-state index in [0.29, 0.717) is 12.6 Å². The van der Waals surface area contributed by atoms with Crippen LogP contribution < -0.4 is 10.3 Å². The Balaban J connectivity index is 2.64. The van der Waals surface area contributed by atoms with Crippen molar-refractivity contribution >= 4 is 0 Å². The van der Waals surface area contributed by atoms with Gasteiger partial charge in [0.15, 0.2) is 0 Å². The highest BCUT2D eigenvalue weighted by Crippen LogP contribution is 1.94. The number of H-pyrrole nitrogens is 1. The Kier molecular flexibility index (Phi) is 2.66. The number of nitrogens with one attached hydrogen (secondary N) is 1. The second-order valence-electron chi connectivity index (χ2n) is 2.09. The van der Waals surface area contributed by atoms with Gasteiger partial charge in [-0.05, 0) is 6.42 Å². The van der Waals surface area contributed by atoms with E-state index >= 15 is 0 Å². The first-order valence-electron chi connectivity index (χ1n) is 3.51. The highest BCUT2D eigenvalue weighted by molar-refractivity contribution is 4.93. The summed E-state index contributed by atoms with van der Waals surface area (Å²) < 4.78 is 5.07. The Morgan fingerprint density at radius 3 is 3.18 bits per heavy atom. The smallest absolute Gasteiger partial charge is 0.296 e. The van der Waals surface area contributed by atoms with Crippen molar-refractivity contribution in [3.8, 4) is 6.01 Å². The summed E-state index contributed by atoms with van der Waals surface area (Å²) in [5.74, 6) is 0. The maximum Gasteiger partial charge on any atom is 0.296 e. The fraction of sp³-hybridized carbons (Fsp3) is 0.429. The molecule has 4 heteroatoms. The van der Waals surface area contributed by atoms with Gasteiger partial charge in [0.05, 0.1) is 6.61 Å². The SMILES string of the molecule is CCCOc1nccc(=O)[nH]1. The molecule has 1 aromatic rings. The summed E-state index contributed by atoms with van der Waals surface area (Å²) >= 11 is 0. The van der Waals surface area contributed by atoms with Crippen molar-refractivity contribution < 1.29 is 4.74 Å². The molecule has 1 N–H and O–H groups in total. The highest BCUT2D eigenvalue weighted by atomic mass is 16.5. The van der Waals surface area contributed by atoms with Gasteiger partial charge in [-0.15, -0.1) is 0 Å². The predicted molar refractivity (Wildman–Crippen MR) is 40.6 cm³/mol. The molecule has 4 nitrogen and oxygen atoms in total. The number of aromatic nitrogens is 2.